The monoisotopic (exact) mass is 402 g/mol. The molecule has 0 radical (unpaired) electrons. The number of aromatic nitrogens is 5. The van der Waals surface area contributed by atoms with Gasteiger partial charge in [-0.2, -0.15) is 10.2 Å². The Balaban J connectivity index is 2.28. The van der Waals surface area contributed by atoms with Crippen molar-refractivity contribution in [3.63, 3.8) is 0 Å². The maximum absolute atomic E-state index is 13.1. The van der Waals surface area contributed by atoms with Gasteiger partial charge >= 0.3 is 0 Å². The minimum absolute atomic E-state index is 0.0377. The second-order valence-corrected chi connectivity index (χ2v) is 8.29. The third-order valence-corrected chi connectivity index (χ3v) is 5.37. The molecule has 3 aromatic rings. The Morgan fingerprint density at radius 3 is 2.62 bits per heavy atom. The Morgan fingerprint density at radius 2 is 2.03 bits per heavy atom. The van der Waals surface area contributed by atoms with E-state index in [-0.39, 0.29) is 23.3 Å². The highest BCUT2D eigenvalue weighted by Crippen LogP contribution is 2.31. The third-order valence-electron chi connectivity index (χ3n) is 5.37. The molecule has 9 heteroatoms. The van der Waals surface area contributed by atoms with Gasteiger partial charge in [0.15, 0.2) is 5.82 Å². The van der Waals surface area contributed by atoms with Crippen molar-refractivity contribution in [1.82, 2.24) is 24.5 Å². The SMILES string of the molecule is COCCn1nc(-c2cn([C@@H](C)C(C)C)c(=O)c3c(N)n[nH]c23)cc1C(C)(C)O. The number of aliphatic hydroxyl groups is 1. The van der Waals surface area contributed by atoms with Gasteiger partial charge in [0.2, 0.25) is 0 Å². The molecule has 0 amide bonds. The zero-order valence-corrected chi connectivity index (χ0v) is 17.9. The van der Waals surface area contributed by atoms with Gasteiger partial charge < -0.3 is 20.1 Å². The first-order valence-corrected chi connectivity index (χ1v) is 9.75. The van der Waals surface area contributed by atoms with Crippen LogP contribution in [0.25, 0.3) is 22.2 Å². The molecule has 0 aliphatic carbocycles. The van der Waals surface area contributed by atoms with Crippen LogP contribution in [0.3, 0.4) is 0 Å². The number of ether oxygens (including phenoxy) is 1. The predicted molar refractivity (Wildman–Crippen MR) is 113 cm³/mol. The van der Waals surface area contributed by atoms with E-state index in [9.17, 15) is 9.90 Å². The number of nitrogens with one attached hydrogen (secondary N) is 1. The topological polar surface area (TPSA) is 124 Å². The third kappa shape index (κ3) is 3.79. The van der Waals surface area contributed by atoms with Crippen molar-refractivity contribution in [3.8, 4) is 11.3 Å². The summed E-state index contributed by atoms with van der Waals surface area (Å²) >= 11 is 0. The zero-order chi connectivity index (χ0) is 21.5. The van der Waals surface area contributed by atoms with E-state index in [0.717, 1.165) is 0 Å². The van der Waals surface area contributed by atoms with E-state index in [1.165, 1.54) is 0 Å². The summed E-state index contributed by atoms with van der Waals surface area (Å²) in [4.78, 5) is 13.1. The average Bonchev–Trinajstić information content (AvgIpc) is 3.24. The highest BCUT2D eigenvalue weighted by Gasteiger charge is 2.26. The molecule has 1 atom stereocenters. The molecule has 0 aliphatic rings. The molecule has 0 saturated carbocycles. The summed E-state index contributed by atoms with van der Waals surface area (Å²) in [5, 5.41) is 22.6. The standard InChI is InChI=1S/C20H30N6O3/c1-11(2)12(3)25-10-13(17-16(19(25)27)18(21)23-22-17)14-9-15(20(4,5)28)26(24-14)7-8-29-6/h9-12,28H,7-8H2,1-6H3,(H3,21,22,23)/t12-/m0/s1. The number of nitrogens with two attached hydrogens (primary N) is 1. The molecule has 0 unspecified atom stereocenters. The second-order valence-electron chi connectivity index (χ2n) is 8.29. The Hall–Kier alpha value is -2.65. The summed E-state index contributed by atoms with van der Waals surface area (Å²) in [5.74, 6) is 0.412. The largest absolute Gasteiger partial charge is 0.384 e. The van der Waals surface area contributed by atoms with Gasteiger partial charge in [-0.05, 0) is 32.8 Å². The maximum atomic E-state index is 13.1. The number of aromatic amines is 1. The van der Waals surface area contributed by atoms with E-state index in [4.69, 9.17) is 15.6 Å². The van der Waals surface area contributed by atoms with E-state index >= 15 is 0 Å². The van der Waals surface area contributed by atoms with Crippen LogP contribution in [0.2, 0.25) is 0 Å². The number of hydrogen-bond acceptors (Lipinski definition) is 6. The average molecular weight is 402 g/mol. The molecule has 0 aliphatic heterocycles. The molecule has 158 valence electrons. The number of H-pyrrole nitrogens is 1. The lowest BCUT2D eigenvalue weighted by atomic mass is 10.0. The minimum atomic E-state index is -1.09. The summed E-state index contributed by atoms with van der Waals surface area (Å²) in [7, 11) is 1.62. The Bertz CT molecular complexity index is 1070. The number of nitrogens with zero attached hydrogens (tertiary/aromatic N) is 4. The van der Waals surface area contributed by atoms with Gasteiger partial charge in [-0.1, -0.05) is 13.8 Å². The van der Waals surface area contributed by atoms with Crippen LogP contribution in [0.1, 0.15) is 46.4 Å². The molecule has 3 rings (SSSR count). The van der Waals surface area contributed by atoms with Crippen LogP contribution in [0.5, 0.6) is 0 Å². The summed E-state index contributed by atoms with van der Waals surface area (Å²) in [6.45, 7) is 10.5. The van der Waals surface area contributed by atoms with Crippen molar-refractivity contribution in [3.05, 3.63) is 28.3 Å². The van der Waals surface area contributed by atoms with Crippen LogP contribution in [-0.4, -0.2) is 43.4 Å². The highest BCUT2D eigenvalue weighted by atomic mass is 16.5. The van der Waals surface area contributed by atoms with Crippen LogP contribution in [0.15, 0.2) is 17.1 Å². The first kappa shape index (κ1) is 21.1. The molecule has 0 saturated heterocycles. The first-order valence-electron chi connectivity index (χ1n) is 9.75. The van der Waals surface area contributed by atoms with Gasteiger partial charge in [0.25, 0.3) is 5.56 Å². The van der Waals surface area contributed by atoms with E-state index in [1.807, 2.05) is 13.0 Å². The number of anilines is 1. The van der Waals surface area contributed by atoms with Crippen LogP contribution < -0.4 is 11.3 Å². The lowest BCUT2D eigenvalue weighted by Gasteiger charge is -2.20. The van der Waals surface area contributed by atoms with Crippen LogP contribution in [-0.2, 0) is 16.9 Å². The van der Waals surface area contributed by atoms with Crippen molar-refractivity contribution in [1.29, 1.82) is 0 Å². The van der Waals surface area contributed by atoms with E-state index < -0.39 is 5.60 Å². The van der Waals surface area contributed by atoms with Gasteiger partial charge in [0.1, 0.15) is 11.0 Å². The molecule has 3 aromatic heterocycles. The molecule has 0 aromatic carbocycles. The molecular formula is C20H30N6O3. The van der Waals surface area contributed by atoms with E-state index in [1.54, 1.807) is 36.4 Å². The van der Waals surface area contributed by atoms with Gasteiger partial charge in [-0.25, -0.2) is 0 Å². The maximum Gasteiger partial charge on any atom is 0.264 e. The van der Waals surface area contributed by atoms with Gasteiger partial charge in [-0.15, -0.1) is 0 Å². The highest BCUT2D eigenvalue weighted by molar-refractivity contribution is 5.97. The van der Waals surface area contributed by atoms with E-state index in [0.29, 0.717) is 41.0 Å². The number of nitrogen functional groups attached to an aromatic ring is 1. The minimum Gasteiger partial charge on any atom is -0.384 e. The van der Waals surface area contributed by atoms with Crippen molar-refractivity contribution >= 4 is 16.7 Å². The number of pyridine rings is 1. The number of methoxy groups -OCH3 is 1. The molecule has 0 bridgehead atoms. The Morgan fingerprint density at radius 1 is 1.34 bits per heavy atom. The first-order chi connectivity index (χ1) is 13.6. The smallest absolute Gasteiger partial charge is 0.264 e. The Labute approximate surface area is 169 Å². The lowest BCUT2D eigenvalue weighted by Crippen LogP contribution is -2.26. The second kappa shape index (κ2) is 7.64. The van der Waals surface area contributed by atoms with Crippen molar-refractivity contribution in [2.45, 2.75) is 52.8 Å². The lowest BCUT2D eigenvalue weighted by molar-refractivity contribution is 0.0660. The molecular weight excluding hydrogens is 372 g/mol. The number of fused-ring (bicyclic) bond motifs is 1. The van der Waals surface area contributed by atoms with Crippen molar-refractivity contribution in [2.24, 2.45) is 5.92 Å². The summed E-state index contributed by atoms with van der Waals surface area (Å²) in [6, 6.07) is 1.79. The number of rotatable bonds is 7. The fraction of sp³-hybridized carbons (Fsp3) is 0.550. The molecule has 0 fully saturated rings. The fourth-order valence-electron chi connectivity index (χ4n) is 3.37. The van der Waals surface area contributed by atoms with E-state index in [2.05, 4.69) is 24.0 Å². The predicted octanol–water partition coefficient (Wildman–Crippen LogP) is 2.26. The van der Waals surface area contributed by atoms with Crippen LogP contribution in [0, 0.1) is 5.92 Å². The quantitative estimate of drug-likeness (QED) is 0.557. The van der Waals surface area contributed by atoms with Crippen LogP contribution >= 0.6 is 0 Å². The van der Waals surface area contributed by atoms with Gasteiger partial charge in [-0.3, -0.25) is 14.6 Å². The zero-order valence-electron chi connectivity index (χ0n) is 17.9. The fourth-order valence-corrected chi connectivity index (χ4v) is 3.37. The summed E-state index contributed by atoms with van der Waals surface area (Å²) < 4.78 is 8.59. The van der Waals surface area contributed by atoms with Crippen LogP contribution in [0.4, 0.5) is 5.82 Å². The van der Waals surface area contributed by atoms with Crippen molar-refractivity contribution < 1.29 is 9.84 Å². The molecule has 3 heterocycles. The van der Waals surface area contributed by atoms with Crippen molar-refractivity contribution in [2.75, 3.05) is 19.5 Å². The summed E-state index contributed by atoms with van der Waals surface area (Å²) in [5.41, 5.74) is 7.25. The number of hydrogen-bond donors (Lipinski definition) is 3. The normalized spacial score (nSPS) is 13.5. The summed E-state index contributed by atoms with van der Waals surface area (Å²) in [6.07, 6.45) is 1.80. The van der Waals surface area contributed by atoms with Gasteiger partial charge in [0, 0.05) is 24.9 Å². The van der Waals surface area contributed by atoms with Gasteiger partial charge in [0.05, 0.1) is 30.1 Å². The molecule has 4 N–H and O–H groups in total. The Kier molecular flexibility index (Phi) is 5.55. The molecule has 9 nitrogen and oxygen atoms in total. The molecule has 29 heavy (non-hydrogen) atoms. The molecule has 0 spiro atoms.